The van der Waals surface area contributed by atoms with E-state index in [9.17, 15) is 4.79 Å². The third kappa shape index (κ3) is 3.68. The van der Waals surface area contributed by atoms with Gasteiger partial charge in [0.25, 0.3) is 5.91 Å². The molecular formula is C16H21N5O2. The van der Waals surface area contributed by atoms with Gasteiger partial charge in [0.1, 0.15) is 5.69 Å². The van der Waals surface area contributed by atoms with Crippen molar-refractivity contribution in [3.05, 3.63) is 42.0 Å². The molecule has 1 atom stereocenters. The number of morpholine rings is 1. The van der Waals surface area contributed by atoms with Crippen molar-refractivity contribution in [3.8, 4) is 0 Å². The third-order valence-electron chi connectivity index (χ3n) is 3.92. The Hall–Kier alpha value is -2.41. The van der Waals surface area contributed by atoms with Gasteiger partial charge in [-0.3, -0.25) is 14.5 Å². The minimum atomic E-state index is -0.184. The molecule has 0 bridgehead atoms. The van der Waals surface area contributed by atoms with Crippen LogP contribution in [-0.2, 0) is 11.8 Å². The molecule has 3 heterocycles. The minimum Gasteiger partial charge on any atom is -0.378 e. The highest BCUT2D eigenvalue weighted by molar-refractivity contribution is 5.93. The van der Waals surface area contributed by atoms with Crippen LogP contribution in [0.1, 0.15) is 29.0 Å². The Balaban J connectivity index is 1.69. The first-order valence-corrected chi connectivity index (χ1v) is 7.71. The van der Waals surface area contributed by atoms with Crippen LogP contribution >= 0.6 is 0 Å². The van der Waals surface area contributed by atoms with E-state index in [1.54, 1.807) is 17.1 Å². The smallest absolute Gasteiger partial charge is 0.270 e. The summed E-state index contributed by atoms with van der Waals surface area (Å²) in [5.41, 5.74) is 2.39. The molecule has 1 N–H and O–H groups in total. The number of rotatable bonds is 4. The molecule has 7 nitrogen and oxygen atoms in total. The van der Waals surface area contributed by atoms with E-state index >= 15 is 0 Å². The molecule has 1 saturated heterocycles. The molecule has 0 radical (unpaired) electrons. The summed E-state index contributed by atoms with van der Waals surface area (Å²) in [6.07, 6.45) is 5.32. The van der Waals surface area contributed by atoms with E-state index in [0.29, 0.717) is 18.9 Å². The Morgan fingerprint density at radius 2 is 2.17 bits per heavy atom. The molecule has 3 rings (SSSR count). The number of carbonyl (C=O) groups is 1. The molecule has 2 aromatic rings. The number of nitrogens with zero attached hydrogens (tertiary/aromatic N) is 4. The van der Waals surface area contributed by atoms with E-state index in [1.165, 1.54) is 0 Å². The average Bonchev–Trinajstić information content (AvgIpc) is 3.02. The second-order valence-electron chi connectivity index (χ2n) is 5.64. The number of anilines is 1. The van der Waals surface area contributed by atoms with E-state index < -0.39 is 0 Å². The molecule has 0 aliphatic carbocycles. The van der Waals surface area contributed by atoms with Crippen LogP contribution < -0.4 is 10.2 Å². The normalized spacial score (nSPS) is 16.2. The summed E-state index contributed by atoms with van der Waals surface area (Å²) in [7, 11) is 1.85. The van der Waals surface area contributed by atoms with Crippen molar-refractivity contribution < 1.29 is 9.53 Å². The van der Waals surface area contributed by atoms with Gasteiger partial charge in [0, 0.05) is 43.8 Å². The highest BCUT2D eigenvalue weighted by atomic mass is 16.5. The maximum absolute atomic E-state index is 12.4. The summed E-state index contributed by atoms with van der Waals surface area (Å²) < 4.78 is 7.08. The Kier molecular flexibility index (Phi) is 4.57. The molecule has 1 fully saturated rings. The summed E-state index contributed by atoms with van der Waals surface area (Å²) in [6, 6.07) is 3.63. The lowest BCUT2D eigenvalue weighted by Crippen LogP contribution is -2.36. The summed E-state index contributed by atoms with van der Waals surface area (Å²) in [5, 5.41) is 7.08. The lowest BCUT2D eigenvalue weighted by Gasteiger charge is -2.28. The number of carbonyl (C=O) groups excluding carboxylic acids is 1. The van der Waals surface area contributed by atoms with Gasteiger partial charge in [-0.15, -0.1) is 0 Å². The summed E-state index contributed by atoms with van der Waals surface area (Å²) in [5.74, 6) is -0.184. The average molecular weight is 315 g/mol. The molecule has 7 heteroatoms. The predicted octanol–water partition coefficient (Wildman–Crippen LogP) is 1.14. The van der Waals surface area contributed by atoms with E-state index in [4.69, 9.17) is 4.74 Å². The number of hydrogen-bond acceptors (Lipinski definition) is 5. The Bertz CT molecular complexity index is 679. The van der Waals surface area contributed by atoms with Crippen LogP contribution in [0, 0.1) is 0 Å². The Morgan fingerprint density at radius 3 is 2.87 bits per heavy atom. The summed E-state index contributed by atoms with van der Waals surface area (Å²) in [6.45, 7) is 5.01. The molecule has 0 spiro atoms. The SMILES string of the molecule is C[C@H](NC(=O)c1cc(N2CCOCC2)ccn1)c1cnn(C)c1. The number of nitrogens with one attached hydrogen (secondary N) is 1. The molecule has 0 unspecified atom stereocenters. The fourth-order valence-electron chi connectivity index (χ4n) is 2.58. The summed E-state index contributed by atoms with van der Waals surface area (Å²) in [4.78, 5) is 18.8. The minimum absolute atomic E-state index is 0.120. The molecule has 1 aliphatic heterocycles. The highest BCUT2D eigenvalue weighted by Crippen LogP contribution is 2.17. The van der Waals surface area contributed by atoms with Crippen molar-refractivity contribution >= 4 is 11.6 Å². The maximum Gasteiger partial charge on any atom is 0.270 e. The molecule has 2 aromatic heterocycles. The molecular weight excluding hydrogens is 294 g/mol. The highest BCUT2D eigenvalue weighted by Gasteiger charge is 2.16. The van der Waals surface area contributed by atoms with Crippen LogP contribution in [0.2, 0.25) is 0 Å². The Morgan fingerprint density at radius 1 is 1.39 bits per heavy atom. The Labute approximate surface area is 135 Å². The second-order valence-corrected chi connectivity index (χ2v) is 5.64. The number of ether oxygens (including phenoxy) is 1. The van der Waals surface area contributed by atoms with Crippen molar-refractivity contribution in [2.75, 3.05) is 31.2 Å². The van der Waals surface area contributed by atoms with Gasteiger partial charge in [-0.25, -0.2) is 0 Å². The lowest BCUT2D eigenvalue weighted by molar-refractivity contribution is 0.0935. The van der Waals surface area contributed by atoms with Crippen LogP contribution in [0.25, 0.3) is 0 Å². The van der Waals surface area contributed by atoms with Gasteiger partial charge in [0.05, 0.1) is 25.5 Å². The third-order valence-corrected chi connectivity index (χ3v) is 3.92. The monoisotopic (exact) mass is 315 g/mol. The maximum atomic E-state index is 12.4. The van der Waals surface area contributed by atoms with Gasteiger partial charge in [0.2, 0.25) is 0 Å². The standard InChI is InChI=1S/C16H21N5O2/c1-12(13-10-18-20(2)11-13)19-16(22)15-9-14(3-4-17-15)21-5-7-23-8-6-21/h3-4,9-12H,5-8H2,1-2H3,(H,19,22)/t12-/m0/s1. The van der Waals surface area contributed by atoms with Crippen molar-refractivity contribution in [2.45, 2.75) is 13.0 Å². The van der Waals surface area contributed by atoms with Crippen LogP contribution in [-0.4, -0.2) is 47.0 Å². The van der Waals surface area contributed by atoms with E-state index in [2.05, 4.69) is 20.3 Å². The number of aryl methyl sites for hydroxylation is 1. The quantitative estimate of drug-likeness (QED) is 0.916. The van der Waals surface area contributed by atoms with Gasteiger partial charge in [-0.2, -0.15) is 5.10 Å². The number of hydrogen-bond donors (Lipinski definition) is 1. The van der Waals surface area contributed by atoms with Crippen molar-refractivity contribution in [2.24, 2.45) is 7.05 Å². The second kappa shape index (κ2) is 6.78. The molecule has 23 heavy (non-hydrogen) atoms. The van der Waals surface area contributed by atoms with Crippen molar-refractivity contribution in [1.29, 1.82) is 0 Å². The number of amides is 1. The van der Waals surface area contributed by atoms with Crippen molar-refractivity contribution in [1.82, 2.24) is 20.1 Å². The van der Waals surface area contributed by atoms with E-state index in [0.717, 1.165) is 24.3 Å². The topological polar surface area (TPSA) is 72.3 Å². The first-order chi connectivity index (χ1) is 11.1. The molecule has 0 aromatic carbocycles. The molecule has 1 amide bonds. The first-order valence-electron chi connectivity index (χ1n) is 7.71. The van der Waals surface area contributed by atoms with Gasteiger partial charge >= 0.3 is 0 Å². The van der Waals surface area contributed by atoms with Crippen LogP contribution in [0.15, 0.2) is 30.7 Å². The largest absolute Gasteiger partial charge is 0.378 e. The molecule has 122 valence electrons. The first kappa shape index (κ1) is 15.5. The zero-order valence-corrected chi connectivity index (χ0v) is 13.4. The van der Waals surface area contributed by atoms with Crippen LogP contribution in [0.5, 0.6) is 0 Å². The number of aromatic nitrogens is 3. The van der Waals surface area contributed by atoms with Gasteiger partial charge in [-0.1, -0.05) is 0 Å². The van der Waals surface area contributed by atoms with E-state index in [-0.39, 0.29) is 11.9 Å². The zero-order chi connectivity index (χ0) is 16.2. The van der Waals surface area contributed by atoms with Gasteiger partial charge in [-0.05, 0) is 19.1 Å². The van der Waals surface area contributed by atoms with Gasteiger partial charge < -0.3 is 15.0 Å². The molecule has 1 aliphatic rings. The number of pyridine rings is 1. The zero-order valence-electron chi connectivity index (χ0n) is 13.4. The fourth-order valence-corrected chi connectivity index (χ4v) is 2.58. The fraction of sp³-hybridized carbons (Fsp3) is 0.438. The van der Waals surface area contributed by atoms with Crippen LogP contribution in [0.4, 0.5) is 5.69 Å². The van der Waals surface area contributed by atoms with Crippen LogP contribution in [0.3, 0.4) is 0 Å². The van der Waals surface area contributed by atoms with Crippen molar-refractivity contribution in [3.63, 3.8) is 0 Å². The lowest BCUT2D eigenvalue weighted by atomic mass is 10.2. The summed E-state index contributed by atoms with van der Waals surface area (Å²) >= 11 is 0. The van der Waals surface area contributed by atoms with Gasteiger partial charge in [0.15, 0.2) is 0 Å². The molecule has 0 saturated carbocycles. The van der Waals surface area contributed by atoms with E-state index in [1.807, 2.05) is 32.3 Å². The predicted molar refractivity (Wildman–Crippen MR) is 86.4 cm³/mol.